The molecule has 0 amide bonds. The van der Waals surface area contributed by atoms with Crippen LogP contribution in [-0.2, 0) is 10.0 Å². The van der Waals surface area contributed by atoms with E-state index < -0.39 is 31.2 Å². The molecule has 2 aromatic carbocycles. The highest BCUT2D eigenvalue weighted by Gasteiger charge is 2.29. The Bertz CT molecular complexity index is 1100. The molecule has 0 N–H and O–H groups in total. The number of benzene rings is 2. The summed E-state index contributed by atoms with van der Waals surface area (Å²) in [7, 11) is -2.57. The summed E-state index contributed by atoms with van der Waals surface area (Å²) in [5.41, 5.74) is -1.06. The molecular weight excluding hydrogens is 430 g/mol. The smallest absolute Gasteiger partial charge is 0.315 e. The molecule has 31 heavy (non-hydrogen) atoms. The first-order valence-corrected chi connectivity index (χ1v) is 11.0. The van der Waals surface area contributed by atoms with Crippen molar-refractivity contribution < 1.29 is 27.7 Å². The second-order valence-electron chi connectivity index (χ2n) is 6.90. The molecule has 1 saturated heterocycles. The summed E-state index contributed by atoms with van der Waals surface area (Å²) in [6.45, 7) is 0.707. The van der Waals surface area contributed by atoms with Crippen LogP contribution in [0.1, 0.15) is 25.7 Å². The third kappa shape index (κ3) is 4.91. The first kappa shape index (κ1) is 22.4. The number of nitro benzene ring substituents is 2. The Morgan fingerprint density at radius 2 is 1.42 bits per heavy atom. The molecule has 0 saturated carbocycles. The van der Waals surface area contributed by atoms with Gasteiger partial charge in [0.2, 0.25) is 21.5 Å². The maximum atomic E-state index is 13.0. The minimum absolute atomic E-state index is 0.215. The maximum Gasteiger partial charge on any atom is 0.315 e. The van der Waals surface area contributed by atoms with Gasteiger partial charge in [-0.3, -0.25) is 20.2 Å². The van der Waals surface area contributed by atoms with E-state index in [0.29, 0.717) is 13.1 Å². The molecule has 166 valence electrons. The first-order chi connectivity index (χ1) is 14.7. The monoisotopic (exact) mass is 451 g/mol. The molecule has 1 heterocycles. The number of hydrogen-bond acceptors (Lipinski definition) is 8. The molecule has 3 rings (SSSR count). The van der Waals surface area contributed by atoms with Gasteiger partial charge < -0.3 is 9.47 Å². The van der Waals surface area contributed by atoms with Crippen LogP contribution >= 0.6 is 0 Å². The highest BCUT2D eigenvalue weighted by Crippen LogP contribution is 2.39. The van der Waals surface area contributed by atoms with Crippen molar-refractivity contribution in [2.75, 3.05) is 20.2 Å². The topological polar surface area (TPSA) is 142 Å². The standard InChI is InChI=1S/C19H21N3O8S/c1-29-14-6-8-18(16(12-14)21(23)24)30-19-9-7-15(13-17(19)22(25)26)31(27,28)20-10-4-2-3-5-11-20/h6-9,12-13H,2-5,10-11H2,1H3. The largest absolute Gasteiger partial charge is 0.496 e. The van der Waals surface area contributed by atoms with Gasteiger partial charge in [-0.1, -0.05) is 12.8 Å². The zero-order chi connectivity index (χ0) is 22.6. The molecule has 0 aliphatic carbocycles. The zero-order valence-electron chi connectivity index (χ0n) is 16.7. The minimum atomic E-state index is -3.91. The summed E-state index contributed by atoms with van der Waals surface area (Å²) in [5, 5.41) is 22.9. The highest BCUT2D eigenvalue weighted by molar-refractivity contribution is 7.89. The lowest BCUT2D eigenvalue weighted by atomic mass is 10.2. The van der Waals surface area contributed by atoms with Crippen molar-refractivity contribution in [1.29, 1.82) is 0 Å². The summed E-state index contributed by atoms with van der Waals surface area (Å²) in [6, 6.07) is 7.05. The lowest BCUT2D eigenvalue weighted by Crippen LogP contribution is -2.31. The number of ether oxygens (including phenoxy) is 2. The number of nitro groups is 2. The first-order valence-electron chi connectivity index (χ1n) is 9.53. The fourth-order valence-corrected chi connectivity index (χ4v) is 4.83. The summed E-state index contributed by atoms with van der Waals surface area (Å²) < 4.78 is 37.6. The molecule has 0 spiro atoms. The van der Waals surface area contributed by atoms with Gasteiger partial charge >= 0.3 is 11.4 Å². The quantitative estimate of drug-likeness (QED) is 0.456. The maximum absolute atomic E-state index is 13.0. The molecule has 1 aliphatic heterocycles. The van der Waals surface area contributed by atoms with Crippen LogP contribution in [-0.4, -0.2) is 42.8 Å². The van der Waals surface area contributed by atoms with Gasteiger partial charge in [-0.25, -0.2) is 8.42 Å². The Labute approximate surface area is 178 Å². The predicted molar refractivity (Wildman–Crippen MR) is 110 cm³/mol. The van der Waals surface area contributed by atoms with E-state index in [-0.39, 0.29) is 22.1 Å². The number of nitrogens with zero attached hydrogens (tertiary/aromatic N) is 3. The van der Waals surface area contributed by atoms with E-state index in [4.69, 9.17) is 9.47 Å². The van der Waals surface area contributed by atoms with Crippen molar-refractivity contribution in [1.82, 2.24) is 4.31 Å². The van der Waals surface area contributed by atoms with Crippen molar-refractivity contribution >= 4 is 21.4 Å². The fourth-order valence-electron chi connectivity index (χ4n) is 3.29. The van der Waals surface area contributed by atoms with E-state index in [9.17, 15) is 28.6 Å². The minimum Gasteiger partial charge on any atom is -0.496 e. The Morgan fingerprint density at radius 1 is 0.871 bits per heavy atom. The molecule has 0 bridgehead atoms. The summed E-state index contributed by atoms with van der Waals surface area (Å²) in [6.07, 6.45) is 3.31. The van der Waals surface area contributed by atoms with Gasteiger partial charge in [-0.05, 0) is 37.1 Å². The van der Waals surface area contributed by atoms with Crippen molar-refractivity contribution in [2.45, 2.75) is 30.6 Å². The Kier molecular flexibility index (Phi) is 6.71. The van der Waals surface area contributed by atoms with Crippen molar-refractivity contribution in [3.8, 4) is 17.2 Å². The van der Waals surface area contributed by atoms with Gasteiger partial charge in [0, 0.05) is 19.2 Å². The molecule has 0 radical (unpaired) electrons. The number of methoxy groups -OCH3 is 1. The summed E-state index contributed by atoms with van der Waals surface area (Å²) in [5.74, 6) is -0.336. The normalized spacial score (nSPS) is 15.1. The molecule has 0 aromatic heterocycles. The van der Waals surface area contributed by atoms with Crippen LogP contribution in [0.25, 0.3) is 0 Å². The van der Waals surface area contributed by atoms with E-state index >= 15 is 0 Å². The van der Waals surface area contributed by atoms with Crippen LogP contribution in [0.15, 0.2) is 41.3 Å². The Morgan fingerprint density at radius 3 is 1.97 bits per heavy atom. The molecule has 0 unspecified atom stereocenters. The van der Waals surface area contributed by atoms with E-state index in [1.54, 1.807) is 0 Å². The molecule has 12 heteroatoms. The van der Waals surface area contributed by atoms with Crippen LogP contribution in [0.4, 0.5) is 11.4 Å². The Hall–Kier alpha value is -3.25. The van der Waals surface area contributed by atoms with Crippen molar-refractivity contribution in [2.24, 2.45) is 0 Å². The number of hydrogen-bond donors (Lipinski definition) is 0. The average Bonchev–Trinajstić information content (AvgIpc) is 3.04. The highest BCUT2D eigenvalue weighted by atomic mass is 32.2. The van der Waals surface area contributed by atoms with Gasteiger partial charge in [-0.15, -0.1) is 0 Å². The number of sulfonamides is 1. The SMILES string of the molecule is COc1ccc(Oc2ccc(S(=O)(=O)N3CCCCCC3)cc2[N+](=O)[O-])c([N+](=O)[O-])c1. The zero-order valence-corrected chi connectivity index (χ0v) is 17.5. The van der Waals surface area contributed by atoms with Crippen LogP contribution in [0, 0.1) is 20.2 Å². The Balaban J connectivity index is 1.99. The van der Waals surface area contributed by atoms with Crippen LogP contribution < -0.4 is 9.47 Å². The van der Waals surface area contributed by atoms with E-state index in [1.165, 1.54) is 29.6 Å². The molecule has 11 nitrogen and oxygen atoms in total. The van der Waals surface area contributed by atoms with Crippen LogP contribution in [0.5, 0.6) is 17.2 Å². The third-order valence-corrected chi connectivity index (χ3v) is 6.81. The van der Waals surface area contributed by atoms with Gasteiger partial charge in [0.15, 0.2) is 0 Å². The predicted octanol–water partition coefficient (Wildman–Crippen LogP) is 3.87. The van der Waals surface area contributed by atoms with Gasteiger partial charge in [-0.2, -0.15) is 4.31 Å². The molecule has 1 aliphatic rings. The van der Waals surface area contributed by atoms with Crippen LogP contribution in [0.2, 0.25) is 0 Å². The van der Waals surface area contributed by atoms with E-state index in [0.717, 1.165) is 43.9 Å². The van der Waals surface area contributed by atoms with E-state index in [2.05, 4.69) is 0 Å². The number of rotatable bonds is 7. The van der Waals surface area contributed by atoms with Crippen molar-refractivity contribution in [3.05, 3.63) is 56.6 Å². The van der Waals surface area contributed by atoms with E-state index in [1.807, 2.05) is 0 Å². The van der Waals surface area contributed by atoms with Crippen LogP contribution in [0.3, 0.4) is 0 Å². The molecule has 0 atom stereocenters. The van der Waals surface area contributed by atoms with Crippen molar-refractivity contribution in [3.63, 3.8) is 0 Å². The lowest BCUT2D eigenvalue weighted by molar-refractivity contribution is -0.387. The molecule has 1 fully saturated rings. The molecular formula is C19H21N3O8S. The second kappa shape index (κ2) is 9.27. The summed E-state index contributed by atoms with van der Waals surface area (Å²) >= 11 is 0. The average molecular weight is 451 g/mol. The van der Waals surface area contributed by atoms with Gasteiger partial charge in [0.1, 0.15) is 5.75 Å². The third-order valence-electron chi connectivity index (χ3n) is 4.91. The molecule has 2 aromatic rings. The lowest BCUT2D eigenvalue weighted by Gasteiger charge is -2.20. The fraction of sp³-hybridized carbons (Fsp3) is 0.368. The summed E-state index contributed by atoms with van der Waals surface area (Å²) in [4.78, 5) is 21.2. The van der Waals surface area contributed by atoms with Gasteiger partial charge in [0.05, 0.1) is 27.9 Å². The van der Waals surface area contributed by atoms with Gasteiger partial charge in [0.25, 0.3) is 0 Å². The second-order valence-corrected chi connectivity index (χ2v) is 8.84.